The van der Waals surface area contributed by atoms with Crippen LogP contribution in [-0.4, -0.2) is 39.0 Å². The van der Waals surface area contributed by atoms with Gasteiger partial charge in [-0.2, -0.15) is 0 Å². The van der Waals surface area contributed by atoms with Gasteiger partial charge in [-0.05, 0) is 13.8 Å². The highest BCUT2D eigenvalue weighted by molar-refractivity contribution is 4.74. The highest BCUT2D eigenvalue weighted by atomic mass is 16.9. The number of methoxy groups -OCH3 is 1. The molecule has 0 aromatic heterocycles. The molecule has 1 atom stereocenters. The third kappa shape index (κ3) is 2.64. The van der Waals surface area contributed by atoms with Crippen molar-refractivity contribution >= 4 is 0 Å². The maximum absolute atomic E-state index is 5.46. The van der Waals surface area contributed by atoms with Crippen LogP contribution in [0.2, 0.25) is 0 Å². The third-order valence-electron chi connectivity index (χ3n) is 2.03. The second kappa shape index (κ2) is 4.91. The molecule has 1 unspecified atom stereocenters. The van der Waals surface area contributed by atoms with E-state index < -0.39 is 5.97 Å². The van der Waals surface area contributed by atoms with Crippen molar-refractivity contribution < 1.29 is 18.9 Å². The Morgan fingerprint density at radius 3 is 2.31 bits per heavy atom. The fourth-order valence-corrected chi connectivity index (χ4v) is 1.45. The fraction of sp³-hybridized carbons (Fsp3) is 1.00. The van der Waals surface area contributed by atoms with Gasteiger partial charge in [0.15, 0.2) is 0 Å². The molecule has 4 heteroatoms. The monoisotopic (exact) mass is 190 g/mol. The van der Waals surface area contributed by atoms with Crippen LogP contribution in [0.5, 0.6) is 0 Å². The van der Waals surface area contributed by atoms with Crippen molar-refractivity contribution in [3.63, 3.8) is 0 Å². The van der Waals surface area contributed by atoms with Crippen LogP contribution < -0.4 is 0 Å². The highest BCUT2D eigenvalue weighted by Crippen LogP contribution is 2.29. The lowest BCUT2D eigenvalue weighted by Gasteiger charge is -2.26. The van der Waals surface area contributed by atoms with Gasteiger partial charge in [-0.15, -0.1) is 0 Å². The molecule has 78 valence electrons. The summed E-state index contributed by atoms with van der Waals surface area (Å²) in [7, 11) is 1.67. The second-order valence-corrected chi connectivity index (χ2v) is 2.92. The van der Waals surface area contributed by atoms with E-state index in [1.165, 1.54) is 0 Å². The first-order chi connectivity index (χ1) is 6.26. The summed E-state index contributed by atoms with van der Waals surface area (Å²) < 4.78 is 21.5. The predicted molar refractivity (Wildman–Crippen MR) is 47.3 cm³/mol. The van der Waals surface area contributed by atoms with Crippen molar-refractivity contribution in [2.24, 2.45) is 0 Å². The van der Waals surface area contributed by atoms with Crippen LogP contribution in [0.15, 0.2) is 0 Å². The first kappa shape index (κ1) is 10.9. The van der Waals surface area contributed by atoms with Gasteiger partial charge in [0.05, 0.1) is 19.1 Å². The predicted octanol–water partition coefficient (Wildman–Crippen LogP) is 1.15. The van der Waals surface area contributed by atoms with Crippen molar-refractivity contribution in [3.8, 4) is 0 Å². The quantitative estimate of drug-likeness (QED) is 0.609. The van der Waals surface area contributed by atoms with Crippen LogP contribution in [0.25, 0.3) is 0 Å². The fourth-order valence-electron chi connectivity index (χ4n) is 1.45. The molecule has 0 bridgehead atoms. The molecule has 0 aliphatic carbocycles. The molecule has 0 radical (unpaired) electrons. The average Bonchev–Trinajstić information content (AvgIpc) is 2.50. The van der Waals surface area contributed by atoms with Crippen molar-refractivity contribution in [3.05, 3.63) is 0 Å². The summed E-state index contributed by atoms with van der Waals surface area (Å²) in [6, 6.07) is 0. The van der Waals surface area contributed by atoms with Gasteiger partial charge in [0.1, 0.15) is 0 Å². The lowest BCUT2D eigenvalue weighted by Crippen LogP contribution is -2.35. The van der Waals surface area contributed by atoms with E-state index in [-0.39, 0.29) is 6.10 Å². The minimum atomic E-state index is -0.857. The molecule has 13 heavy (non-hydrogen) atoms. The topological polar surface area (TPSA) is 36.9 Å². The third-order valence-corrected chi connectivity index (χ3v) is 2.03. The van der Waals surface area contributed by atoms with Crippen molar-refractivity contribution in [1.82, 2.24) is 0 Å². The molecule has 1 rings (SSSR count). The van der Waals surface area contributed by atoms with E-state index >= 15 is 0 Å². The summed E-state index contributed by atoms with van der Waals surface area (Å²) in [6.07, 6.45) is 0.726. The lowest BCUT2D eigenvalue weighted by molar-refractivity contribution is -0.358. The molecule has 1 fully saturated rings. The number of rotatable bonds is 5. The van der Waals surface area contributed by atoms with E-state index in [2.05, 4.69) is 0 Å². The van der Waals surface area contributed by atoms with Crippen LogP contribution in [0.4, 0.5) is 0 Å². The molecule has 0 amide bonds. The Morgan fingerprint density at radius 1 is 1.31 bits per heavy atom. The molecule has 0 aromatic rings. The Bertz CT molecular complexity index is 143. The maximum Gasteiger partial charge on any atom is 0.285 e. The van der Waals surface area contributed by atoms with Crippen LogP contribution in [0.3, 0.4) is 0 Å². The van der Waals surface area contributed by atoms with Gasteiger partial charge in [0, 0.05) is 20.3 Å². The van der Waals surface area contributed by atoms with E-state index in [0.717, 1.165) is 0 Å². The van der Waals surface area contributed by atoms with Gasteiger partial charge < -0.3 is 18.9 Å². The standard InChI is InChI=1S/C9H18O4/c1-4-11-9(12-5-2)6-8(10-3)7-13-9/h8H,4-7H2,1-3H3. The van der Waals surface area contributed by atoms with Gasteiger partial charge >= 0.3 is 0 Å². The summed E-state index contributed by atoms with van der Waals surface area (Å²) in [6.45, 7) is 5.54. The molecular formula is C9H18O4. The van der Waals surface area contributed by atoms with E-state index in [4.69, 9.17) is 18.9 Å². The number of hydrogen-bond donors (Lipinski definition) is 0. The largest absolute Gasteiger partial charge is 0.379 e. The maximum atomic E-state index is 5.46. The van der Waals surface area contributed by atoms with Crippen molar-refractivity contribution in [2.75, 3.05) is 26.9 Å². The smallest absolute Gasteiger partial charge is 0.285 e. The minimum absolute atomic E-state index is 0.0816. The Labute approximate surface area is 79.1 Å². The Balaban J connectivity index is 2.49. The summed E-state index contributed by atoms with van der Waals surface area (Å²) >= 11 is 0. The summed E-state index contributed by atoms with van der Waals surface area (Å²) in [5.41, 5.74) is 0. The summed E-state index contributed by atoms with van der Waals surface area (Å²) in [5, 5.41) is 0. The van der Waals surface area contributed by atoms with Crippen LogP contribution in [-0.2, 0) is 18.9 Å². The normalized spacial score (nSPS) is 26.5. The Hall–Kier alpha value is -0.160. The van der Waals surface area contributed by atoms with Gasteiger partial charge in [-0.1, -0.05) is 0 Å². The van der Waals surface area contributed by atoms with E-state index in [1.54, 1.807) is 7.11 Å². The van der Waals surface area contributed by atoms with Gasteiger partial charge in [0.2, 0.25) is 0 Å². The van der Waals surface area contributed by atoms with E-state index in [1.807, 2.05) is 13.8 Å². The molecular weight excluding hydrogens is 172 g/mol. The zero-order valence-corrected chi connectivity index (χ0v) is 8.54. The molecule has 0 N–H and O–H groups in total. The van der Waals surface area contributed by atoms with Gasteiger partial charge in [-0.3, -0.25) is 0 Å². The van der Waals surface area contributed by atoms with Gasteiger partial charge in [0.25, 0.3) is 5.97 Å². The molecule has 0 spiro atoms. The zero-order chi connectivity index (χ0) is 9.73. The average molecular weight is 190 g/mol. The molecule has 1 saturated heterocycles. The number of hydrogen-bond acceptors (Lipinski definition) is 4. The van der Waals surface area contributed by atoms with Crippen molar-refractivity contribution in [1.29, 1.82) is 0 Å². The SMILES string of the molecule is CCOC1(OCC)CC(OC)CO1. The molecule has 0 aromatic carbocycles. The number of ether oxygens (including phenoxy) is 4. The molecule has 4 nitrogen and oxygen atoms in total. The highest BCUT2D eigenvalue weighted by Gasteiger charge is 2.42. The molecule has 1 aliphatic heterocycles. The molecule has 1 aliphatic rings. The van der Waals surface area contributed by atoms with Crippen LogP contribution >= 0.6 is 0 Å². The summed E-state index contributed by atoms with van der Waals surface area (Å²) in [5.74, 6) is -0.857. The zero-order valence-electron chi connectivity index (χ0n) is 8.54. The van der Waals surface area contributed by atoms with Crippen LogP contribution in [0, 0.1) is 0 Å². The van der Waals surface area contributed by atoms with Gasteiger partial charge in [-0.25, -0.2) is 0 Å². The molecule has 0 saturated carbocycles. The first-order valence-electron chi connectivity index (χ1n) is 4.71. The Kier molecular flexibility index (Phi) is 4.12. The second-order valence-electron chi connectivity index (χ2n) is 2.92. The van der Waals surface area contributed by atoms with Crippen molar-refractivity contribution in [2.45, 2.75) is 32.3 Å². The van der Waals surface area contributed by atoms with E-state index in [0.29, 0.717) is 26.2 Å². The summed E-state index contributed by atoms with van der Waals surface area (Å²) in [4.78, 5) is 0. The lowest BCUT2D eigenvalue weighted by atomic mass is 10.3. The molecule has 1 heterocycles. The van der Waals surface area contributed by atoms with E-state index in [9.17, 15) is 0 Å². The minimum Gasteiger partial charge on any atom is -0.379 e. The Morgan fingerprint density at radius 2 is 1.92 bits per heavy atom. The first-order valence-corrected chi connectivity index (χ1v) is 4.71. The van der Waals surface area contributed by atoms with Crippen LogP contribution in [0.1, 0.15) is 20.3 Å².